The molecule has 2 fully saturated rings. The third-order valence-corrected chi connectivity index (χ3v) is 6.71. The molecule has 1 N–H and O–H groups in total. The van der Waals surface area contributed by atoms with Crippen LogP contribution in [0.15, 0.2) is 12.1 Å². The van der Waals surface area contributed by atoms with Crippen LogP contribution < -0.4 is 5.32 Å². The SMILES string of the molecule is CCCC(C)c1ccc(C(CCC2CC2)N2CCNCC2)c(C)c1Cl. The van der Waals surface area contributed by atoms with Gasteiger partial charge in [-0.2, -0.15) is 0 Å². The number of benzene rings is 1. The maximum absolute atomic E-state index is 6.86. The summed E-state index contributed by atoms with van der Waals surface area (Å²) in [6, 6.07) is 5.25. The van der Waals surface area contributed by atoms with Crippen LogP contribution in [0.4, 0.5) is 0 Å². The fourth-order valence-corrected chi connectivity index (χ4v) is 4.74. The first-order valence-electron chi connectivity index (χ1n) is 10.4. The highest BCUT2D eigenvalue weighted by molar-refractivity contribution is 6.32. The number of hydrogen-bond donors (Lipinski definition) is 1. The minimum Gasteiger partial charge on any atom is -0.314 e. The Labute approximate surface area is 159 Å². The summed E-state index contributed by atoms with van der Waals surface area (Å²) in [5.74, 6) is 1.54. The van der Waals surface area contributed by atoms with Crippen LogP contribution in [0.1, 0.15) is 81.0 Å². The summed E-state index contributed by atoms with van der Waals surface area (Å²) in [4.78, 5) is 2.69. The molecule has 3 heteroatoms. The molecule has 1 saturated heterocycles. The molecule has 1 aromatic rings. The quantitative estimate of drug-likeness (QED) is 0.639. The average molecular weight is 363 g/mol. The van der Waals surface area contributed by atoms with Crippen molar-refractivity contribution in [2.24, 2.45) is 5.92 Å². The number of halogens is 1. The predicted octanol–water partition coefficient (Wildman–Crippen LogP) is 5.69. The van der Waals surface area contributed by atoms with Crippen molar-refractivity contribution >= 4 is 11.6 Å². The smallest absolute Gasteiger partial charge is 0.0473 e. The number of nitrogens with one attached hydrogen (secondary N) is 1. The van der Waals surface area contributed by atoms with Crippen LogP contribution in [0.2, 0.25) is 5.02 Å². The van der Waals surface area contributed by atoms with Crippen molar-refractivity contribution in [3.63, 3.8) is 0 Å². The Balaban J connectivity index is 1.84. The van der Waals surface area contributed by atoms with Gasteiger partial charge in [0.05, 0.1) is 0 Å². The second-order valence-corrected chi connectivity index (χ2v) is 8.57. The first-order chi connectivity index (χ1) is 12.1. The highest BCUT2D eigenvalue weighted by atomic mass is 35.5. The molecule has 1 heterocycles. The lowest BCUT2D eigenvalue weighted by Gasteiger charge is -2.36. The topological polar surface area (TPSA) is 15.3 Å². The summed E-state index contributed by atoms with van der Waals surface area (Å²) in [6.45, 7) is 11.3. The molecule has 2 atom stereocenters. The van der Waals surface area contributed by atoms with Gasteiger partial charge in [0.25, 0.3) is 0 Å². The third kappa shape index (κ3) is 4.78. The van der Waals surface area contributed by atoms with Gasteiger partial charge in [-0.15, -0.1) is 0 Å². The molecule has 25 heavy (non-hydrogen) atoms. The van der Waals surface area contributed by atoms with Crippen molar-refractivity contribution in [2.75, 3.05) is 26.2 Å². The van der Waals surface area contributed by atoms with Crippen molar-refractivity contribution in [1.82, 2.24) is 10.2 Å². The maximum atomic E-state index is 6.86. The monoisotopic (exact) mass is 362 g/mol. The van der Waals surface area contributed by atoms with Gasteiger partial charge in [0, 0.05) is 37.2 Å². The van der Waals surface area contributed by atoms with Crippen LogP contribution in [0.5, 0.6) is 0 Å². The molecular weight excluding hydrogens is 328 g/mol. The van der Waals surface area contributed by atoms with Gasteiger partial charge in [0.2, 0.25) is 0 Å². The zero-order valence-electron chi connectivity index (χ0n) is 16.3. The van der Waals surface area contributed by atoms with Crippen LogP contribution in [0.3, 0.4) is 0 Å². The Morgan fingerprint density at radius 2 is 1.84 bits per heavy atom. The Kier molecular flexibility index (Phi) is 6.82. The highest BCUT2D eigenvalue weighted by Gasteiger charge is 2.28. The Morgan fingerprint density at radius 3 is 2.48 bits per heavy atom. The number of piperazine rings is 1. The zero-order chi connectivity index (χ0) is 17.8. The van der Waals surface area contributed by atoms with Gasteiger partial charge >= 0.3 is 0 Å². The summed E-state index contributed by atoms with van der Waals surface area (Å²) in [5, 5.41) is 4.51. The lowest BCUT2D eigenvalue weighted by Crippen LogP contribution is -2.45. The molecular formula is C22H35ClN2. The molecule has 3 rings (SSSR count). The Hall–Kier alpha value is -0.570. The zero-order valence-corrected chi connectivity index (χ0v) is 17.0. The standard InChI is InChI=1S/C22H35ClN2/c1-4-5-16(2)19-9-10-20(17(3)22(19)23)21(11-8-18-6-7-18)25-14-12-24-13-15-25/h9-10,16,18,21,24H,4-8,11-15H2,1-3H3. The van der Waals surface area contributed by atoms with Crippen molar-refractivity contribution in [2.45, 2.75) is 71.3 Å². The van der Waals surface area contributed by atoms with Gasteiger partial charge in [-0.3, -0.25) is 4.90 Å². The van der Waals surface area contributed by atoms with E-state index in [0.29, 0.717) is 12.0 Å². The van der Waals surface area contributed by atoms with Gasteiger partial charge < -0.3 is 5.32 Å². The third-order valence-electron chi connectivity index (χ3n) is 6.21. The summed E-state index contributed by atoms with van der Waals surface area (Å²) in [5.41, 5.74) is 4.13. The highest BCUT2D eigenvalue weighted by Crippen LogP contribution is 2.40. The molecule has 2 nitrogen and oxygen atoms in total. The number of rotatable bonds is 8. The molecule has 0 spiro atoms. The van der Waals surface area contributed by atoms with Crippen molar-refractivity contribution in [1.29, 1.82) is 0 Å². The summed E-state index contributed by atoms with van der Waals surface area (Å²) in [7, 11) is 0. The van der Waals surface area contributed by atoms with E-state index in [1.54, 1.807) is 0 Å². The van der Waals surface area contributed by atoms with Crippen LogP contribution in [-0.2, 0) is 0 Å². The van der Waals surface area contributed by atoms with E-state index in [0.717, 1.165) is 37.1 Å². The van der Waals surface area contributed by atoms with Gasteiger partial charge in [0.1, 0.15) is 0 Å². The molecule has 0 bridgehead atoms. The lowest BCUT2D eigenvalue weighted by atomic mass is 9.89. The summed E-state index contributed by atoms with van der Waals surface area (Å²) >= 11 is 6.86. The van der Waals surface area contributed by atoms with E-state index in [-0.39, 0.29) is 0 Å². The summed E-state index contributed by atoms with van der Waals surface area (Å²) < 4.78 is 0. The molecule has 1 aliphatic carbocycles. The normalized spacial score (nSPS) is 21.3. The van der Waals surface area contributed by atoms with E-state index >= 15 is 0 Å². The predicted molar refractivity (Wildman–Crippen MR) is 109 cm³/mol. The first kappa shape index (κ1) is 19.2. The van der Waals surface area contributed by atoms with Crippen molar-refractivity contribution in [3.05, 3.63) is 33.8 Å². The molecule has 0 aromatic heterocycles. The lowest BCUT2D eigenvalue weighted by molar-refractivity contribution is 0.161. The fraction of sp³-hybridized carbons (Fsp3) is 0.727. The van der Waals surface area contributed by atoms with Crippen LogP contribution in [0.25, 0.3) is 0 Å². The molecule has 1 aromatic carbocycles. The van der Waals surface area contributed by atoms with Crippen LogP contribution in [0, 0.1) is 12.8 Å². The minimum absolute atomic E-state index is 0.538. The number of nitrogens with zero attached hydrogens (tertiary/aromatic N) is 1. The first-order valence-corrected chi connectivity index (χ1v) is 10.7. The molecule has 1 saturated carbocycles. The average Bonchev–Trinajstić information content (AvgIpc) is 3.44. The van der Waals surface area contributed by atoms with Gasteiger partial charge in [0.15, 0.2) is 0 Å². The van der Waals surface area contributed by atoms with Gasteiger partial charge in [-0.1, -0.05) is 56.8 Å². The van der Waals surface area contributed by atoms with Crippen LogP contribution >= 0.6 is 11.6 Å². The maximum Gasteiger partial charge on any atom is 0.0473 e. The fourth-order valence-electron chi connectivity index (χ4n) is 4.38. The molecule has 2 unspecified atom stereocenters. The van der Waals surface area contributed by atoms with E-state index < -0.39 is 0 Å². The van der Waals surface area contributed by atoms with Crippen molar-refractivity contribution < 1.29 is 0 Å². The minimum atomic E-state index is 0.538. The molecule has 140 valence electrons. The van der Waals surface area contributed by atoms with E-state index in [2.05, 4.69) is 43.1 Å². The molecule has 2 aliphatic rings. The van der Waals surface area contributed by atoms with E-state index in [1.165, 1.54) is 55.2 Å². The Bertz CT molecular complexity index is 561. The second-order valence-electron chi connectivity index (χ2n) is 8.20. The van der Waals surface area contributed by atoms with Gasteiger partial charge in [-0.25, -0.2) is 0 Å². The summed E-state index contributed by atoms with van der Waals surface area (Å²) in [6.07, 6.45) is 7.97. The van der Waals surface area contributed by atoms with E-state index in [4.69, 9.17) is 11.6 Å². The Morgan fingerprint density at radius 1 is 1.16 bits per heavy atom. The molecule has 0 radical (unpaired) electrons. The largest absolute Gasteiger partial charge is 0.314 e. The van der Waals surface area contributed by atoms with Crippen LogP contribution in [-0.4, -0.2) is 31.1 Å². The van der Waals surface area contributed by atoms with Gasteiger partial charge in [-0.05, 0) is 54.7 Å². The van der Waals surface area contributed by atoms with E-state index in [9.17, 15) is 0 Å². The van der Waals surface area contributed by atoms with E-state index in [1.807, 2.05) is 0 Å². The molecule has 0 amide bonds. The number of hydrogen-bond acceptors (Lipinski definition) is 2. The molecule has 1 aliphatic heterocycles. The second kappa shape index (κ2) is 8.88. The van der Waals surface area contributed by atoms with Crippen molar-refractivity contribution in [3.8, 4) is 0 Å².